The van der Waals surface area contributed by atoms with Crippen molar-refractivity contribution < 1.29 is 13.2 Å². The number of carbonyl (C=O) groups is 1. The van der Waals surface area contributed by atoms with Gasteiger partial charge in [0.1, 0.15) is 0 Å². The lowest BCUT2D eigenvalue weighted by atomic mass is 10.3. The van der Waals surface area contributed by atoms with Gasteiger partial charge >= 0.3 is 10.2 Å². The normalized spacial score (nSPS) is 18.9. The molecule has 0 aromatic carbocycles. The molecule has 0 unspecified atom stereocenters. The molecule has 0 saturated carbocycles. The van der Waals surface area contributed by atoms with Crippen LogP contribution in [-0.2, 0) is 15.0 Å². The molecule has 0 bridgehead atoms. The lowest BCUT2D eigenvalue weighted by Crippen LogP contribution is -2.34. The Kier molecular flexibility index (Phi) is 1.69. The lowest BCUT2D eigenvalue weighted by Gasteiger charge is -2.05. The number of nitrogens with zero attached hydrogens (tertiary/aromatic N) is 2. The largest absolute Gasteiger partial charge is 0.321 e. The van der Waals surface area contributed by atoms with Crippen LogP contribution >= 0.6 is 0 Å². The Morgan fingerprint density at radius 3 is 2.36 bits per heavy atom. The van der Waals surface area contributed by atoms with Crippen molar-refractivity contribution in [2.75, 3.05) is 0 Å². The molecule has 0 aromatic rings. The quantitative estimate of drug-likeness (QED) is 0.545. The second-order valence-electron chi connectivity index (χ2n) is 2.19. The zero-order chi connectivity index (χ0) is 8.65. The maximum atomic E-state index is 10.8. The lowest BCUT2D eigenvalue weighted by molar-refractivity contribution is -0.124. The van der Waals surface area contributed by atoms with Gasteiger partial charge in [-0.05, 0) is 6.92 Å². The molecule has 1 aliphatic heterocycles. The first kappa shape index (κ1) is 8.15. The molecule has 6 nitrogen and oxygen atoms in total. The van der Waals surface area contributed by atoms with Crippen LogP contribution in [0.25, 0.3) is 0 Å². The summed E-state index contributed by atoms with van der Waals surface area (Å²) in [4.78, 5) is 10.8. The Bertz CT molecular complexity index is 317. The van der Waals surface area contributed by atoms with Crippen molar-refractivity contribution in [1.29, 1.82) is 0 Å². The van der Waals surface area contributed by atoms with E-state index >= 15 is 0 Å². The molecule has 0 spiro atoms. The molecule has 11 heavy (non-hydrogen) atoms. The Hall–Kier alpha value is -0.950. The highest BCUT2D eigenvalue weighted by atomic mass is 32.2. The molecule has 1 aliphatic rings. The highest BCUT2D eigenvalue weighted by molar-refractivity contribution is 7.87. The molecule has 1 rings (SSSR count). The summed E-state index contributed by atoms with van der Waals surface area (Å²) < 4.78 is 21.4. The van der Waals surface area contributed by atoms with Gasteiger partial charge in [-0.15, -0.1) is 4.41 Å². The van der Waals surface area contributed by atoms with Crippen LogP contribution in [-0.4, -0.2) is 24.5 Å². The van der Waals surface area contributed by atoms with E-state index in [2.05, 4.69) is 10.2 Å². The van der Waals surface area contributed by atoms with E-state index in [1.165, 1.54) is 0 Å². The molecular formula is C4H7N3O3S. The fourth-order valence-electron chi connectivity index (χ4n) is 0.731. The molecular weight excluding hydrogens is 170 g/mol. The molecule has 0 aliphatic carbocycles. The van der Waals surface area contributed by atoms with E-state index in [0.29, 0.717) is 10.1 Å². The number of hydrazone groups is 1. The Morgan fingerprint density at radius 1 is 1.64 bits per heavy atom. The smallest absolute Gasteiger partial charge is 0.271 e. The van der Waals surface area contributed by atoms with Crippen LogP contribution in [0.2, 0.25) is 0 Å². The van der Waals surface area contributed by atoms with Gasteiger partial charge in [-0.3, -0.25) is 4.79 Å². The summed E-state index contributed by atoms with van der Waals surface area (Å²) in [7, 11) is -3.99. The zero-order valence-electron chi connectivity index (χ0n) is 5.81. The molecule has 0 atom stereocenters. The molecule has 1 heterocycles. The molecule has 0 radical (unpaired) electrons. The summed E-state index contributed by atoms with van der Waals surface area (Å²) in [5.41, 5.74) is 0.448. The zero-order valence-corrected chi connectivity index (χ0v) is 6.63. The Balaban J connectivity index is 3.01. The average Bonchev–Trinajstić information content (AvgIpc) is 2.08. The SMILES string of the molecule is CC1=NN(S(N)(=O)=O)C(=O)C1. The van der Waals surface area contributed by atoms with Crippen LogP contribution in [0.5, 0.6) is 0 Å². The van der Waals surface area contributed by atoms with Crippen LogP contribution in [0.3, 0.4) is 0 Å². The van der Waals surface area contributed by atoms with Crippen molar-refractivity contribution in [3.8, 4) is 0 Å². The van der Waals surface area contributed by atoms with E-state index in [0.717, 1.165) is 0 Å². The average molecular weight is 177 g/mol. The monoisotopic (exact) mass is 177 g/mol. The molecule has 1 amide bonds. The number of carbonyl (C=O) groups excluding carboxylic acids is 1. The van der Waals surface area contributed by atoms with Gasteiger partial charge < -0.3 is 0 Å². The third-order valence-electron chi connectivity index (χ3n) is 1.12. The highest BCUT2D eigenvalue weighted by Gasteiger charge is 2.29. The fraction of sp³-hybridized carbons (Fsp3) is 0.500. The molecule has 2 N–H and O–H groups in total. The van der Waals surface area contributed by atoms with E-state index in [4.69, 9.17) is 0 Å². The predicted octanol–water partition coefficient (Wildman–Crippen LogP) is -1.20. The summed E-state index contributed by atoms with van der Waals surface area (Å²) in [6.45, 7) is 1.56. The topological polar surface area (TPSA) is 92.8 Å². The van der Waals surface area contributed by atoms with Crippen molar-refractivity contribution in [3.63, 3.8) is 0 Å². The second kappa shape index (κ2) is 2.28. The Labute approximate surface area is 63.9 Å². The minimum absolute atomic E-state index is 0.0242. The van der Waals surface area contributed by atoms with E-state index in [-0.39, 0.29) is 6.42 Å². The number of hydrogen-bond acceptors (Lipinski definition) is 4. The predicted molar refractivity (Wildman–Crippen MR) is 37.7 cm³/mol. The van der Waals surface area contributed by atoms with Crippen molar-refractivity contribution >= 4 is 21.8 Å². The van der Waals surface area contributed by atoms with Gasteiger partial charge in [0.15, 0.2) is 0 Å². The maximum Gasteiger partial charge on any atom is 0.321 e. The van der Waals surface area contributed by atoms with Gasteiger partial charge in [0.05, 0.1) is 6.42 Å². The minimum atomic E-state index is -3.99. The summed E-state index contributed by atoms with van der Waals surface area (Å²) in [6, 6.07) is 0. The third-order valence-corrected chi connectivity index (χ3v) is 1.89. The van der Waals surface area contributed by atoms with E-state index < -0.39 is 16.1 Å². The number of amides is 1. The van der Waals surface area contributed by atoms with Gasteiger partial charge in [0.25, 0.3) is 5.91 Å². The van der Waals surface area contributed by atoms with Crippen molar-refractivity contribution in [2.24, 2.45) is 10.2 Å². The number of rotatable bonds is 1. The first-order chi connectivity index (χ1) is 4.91. The van der Waals surface area contributed by atoms with Gasteiger partial charge in [0.2, 0.25) is 0 Å². The van der Waals surface area contributed by atoms with Gasteiger partial charge in [0, 0.05) is 5.71 Å². The van der Waals surface area contributed by atoms with Crippen molar-refractivity contribution in [2.45, 2.75) is 13.3 Å². The highest BCUT2D eigenvalue weighted by Crippen LogP contribution is 2.09. The van der Waals surface area contributed by atoms with Crippen LogP contribution in [0.1, 0.15) is 13.3 Å². The van der Waals surface area contributed by atoms with Crippen LogP contribution < -0.4 is 5.14 Å². The third kappa shape index (κ3) is 1.55. The maximum absolute atomic E-state index is 10.8. The number of hydrogen-bond donors (Lipinski definition) is 1. The number of nitrogens with two attached hydrogens (primary N) is 1. The fourth-order valence-corrected chi connectivity index (χ4v) is 1.33. The minimum Gasteiger partial charge on any atom is -0.271 e. The summed E-state index contributed by atoms with van der Waals surface area (Å²) >= 11 is 0. The van der Waals surface area contributed by atoms with Crippen LogP contribution in [0.15, 0.2) is 5.10 Å². The van der Waals surface area contributed by atoms with Crippen molar-refractivity contribution in [1.82, 2.24) is 4.41 Å². The molecule has 0 fully saturated rings. The molecule has 0 saturated heterocycles. The summed E-state index contributed by atoms with van der Waals surface area (Å²) in [5, 5.41) is 8.09. The van der Waals surface area contributed by atoms with E-state index in [9.17, 15) is 13.2 Å². The van der Waals surface area contributed by atoms with Gasteiger partial charge in [-0.25, -0.2) is 5.14 Å². The van der Waals surface area contributed by atoms with Crippen LogP contribution in [0, 0.1) is 0 Å². The van der Waals surface area contributed by atoms with Gasteiger partial charge in [-0.1, -0.05) is 0 Å². The first-order valence-corrected chi connectivity index (χ1v) is 4.31. The standard InChI is InChI=1S/C4H7N3O3S/c1-3-2-4(8)7(6-3)11(5,9)10/h2H2,1H3,(H2,5,9,10). The van der Waals surface area contributed by atoms with E-state index in [1.54, 1.807) is 6.92 Å². The molecule has 7 heteroatoms. The van der Waals surface area contributed by atoms with E-state index in [1.807, 2.05) is 0 Å². The van der Waals surface area contributed by atoms with Crippen molar-refractivity contribution in [3.05, 3.63) is 0 Å². The van der Waals surface area contributed by atoms with Gasteiger partial charge in [-0.2, -0.15) is 13.5 Å². The Morgan fingerprint density at radius 2 is 2.18 bits per heavy atom. The summed E-state index contributed by atoms with van der Waals surface area (Å²) in [5.74, 6) is -0.606. The molecule has 0 aromatic heterocycles. The first-order valence-electron chi connectivity index (χ1n) is 2.81. The molecule has 62 valence electrons. The summed E-state index contributed by atoms with van der Waals surface area (Å²) in [6.07, 6.45) is 0.0242. The van der Waals surface area contributed by atoms with Crippen LogP contribution in [0.4, 0.5) is 0 Å². The second-order valence-corrected chi connectivity index (χ2v) is 3.57.